The van der Waals surface area contributed by atoms with Gasteiger partial charge in [-0.05, 0) is 30.3 Å². The van der Waals surface area contributed by atoms with Crippen molar-refractivity contribution in [2.75, 3.05) is 7.11 Å². The minimum Gasteiger partial charge on any atom is -0.496 e. The molecule has 0 amide bonds. The molecule has 0 N–H and O–H groups in total. The number of nitro groups is 1. The zero-order valence-corrected chi connectivity index (χ0v) is 11.6. The Morgan fingerprint density at radius 1 is 1.16 bits per heavy atom. The molecule has 0 atom stereocenters. The summed E-state index contributed by atoms with van der Waals surface area (Å²) in [6.07, 6.45) is 0. The van der Waals surface area contributed by atoms with Crippen molar-refractivity contribution < 1.29 is 14.4 Å². The Morgan fingerprint density at radius 3 is 2.58 bits per heavy atom. The van der Waals surface area contributed by atoms with Crippen LogP contribution in [0.15, 0.2) is 46.9 Å². The highest BCUT2D eigenvalue weighted by molar-refractivity contribution is 9.10. The molecule has 2 aromatic rings. The van der Waals surface area contributed by atoms with E-state index in [4.69, 9.17) is 9.47 Å². The molecule has 19 heavy (non-hydrogen) atoms. The third kappa shape index (κ3) is 3.23. The summed E-state index contributed by atoms with van der Waals surface area (Å²) in [5.41, 5.74) is -0.140. The van der Waals surface area contributed by atoms with Crippen molar-refractivity contribution in [3.63, 3.8) is 0 Å². The summed E-state index contributed by atoms with van der Waals surface area (Å²) in [7, 11) is 1.45. The molecule has 5 nitrogen and oxygen atoms in total. The minimum absolute atomic E-state index is 0.140. The van der Waals surface area contributed by atoms with E-state index in [-0.39, 0.29) is 11.4 Å². The molecule has 0 bridgehead atoms. The molecule has 0 aliphatic carbocycles. The SMILES string of the molecule is COc1ccc(Oc2cccc(Br)c2)c([N+](=O)[O-])c1. The number of ether oxygens (including phenoxy) is 2. The van der Waals surface area contributed by atoms with Crippen LogP contribution in [0, 0.1) is 10.1 Å². The number of benzene rings is 2. The van der Waals surface area contributed by atoms with E-state index in [9.17, 15) is 10.1 Å². The lowest BCUT2D eigenvalue weighted by molar-refractivity contribution is -0.385. The van der Waals surface area contributed by atoms with Gasteiger partial charge in [-0.15, -0.1) is 0 Å². The minimum atomic E-state index is -0.504. The Hall–Kier alpha value is -2.08. The first kappa shape index (κ1) is 13.4. The molecule has 0 spiro atoms. The molecule has 0 saturated heterocycles. The van der Waals surface area contributed by atoms with E-state index in [1.807, 2.05) is 6.07 Å². The fourth-order valence-corrected chi connectivity index (χ4v) is 1.89. The maximum atomic E-state index is 11.0. The highest BCUT2D eigenvalue weighted by atomic mass is 79.9. The van der Waals surface area contributed by atoms with Crippen molar-refractivity contribution in [1.29, 1.82) is 0 Å². The summed E-state index contributed by atoms with van der Waals surface area (Å²) < 4.78 is 11.3. The summed E-state index contributed by atoms with van der Waals surface area (Å²) in [5, 5.41) is 11.0. The predicted octanol–water partition coefficient (Wildman–Crippen LogP) is 4.16. The standard InChI is InChI=1S/C13H10BrNO4/c1-18-10-5-6-13(12(8-10)15(16)17)19-11-4-2-3-9(14)7-11/h2-8H,1H3. The van der Waals surface area contributed by atoms with Crippen LogP contribution in [-0.4, -0.2) is 12.0 Å². The molecule has 0 aromatic heterocycles. The van der Waals surface area contributed by atoms with Crippen LogP contribution >= 0.6 is 15.9 Å². The molecule has 2 aromatic carbocycles. The molecule has 0 heterocycles. The Kier molecular flexibility index (Phi) is 4.01. The average Bonchev–Trinajstić information content (AvgIpc) is 2.39. The molecule has 6 heteroatoms. The van der Waals surface area contributed by atoms with E-state index in [0.29, 0.717) is 11.5 Å². The first-order valence-corrected chi connectivity index (χ1v) is 6.15. The first-order chi connectivity index (χ1) is 9.10. The first-order valence-electron chi connectivity index (χ1n) is 5.36. The van der Waals surface area contributed by atoms with Crippen molar-refractivity contribution >= 4 is 21.6 Å². The predicted molar refractivity (Wildman–Crippen MR) is 73.9 cm³/mol. The number of halogens is 1. The fourth-order valence-electron chi connectivity index (χ4n) is 1.51. The van der Waals surface area contributed by atoms with Gasteiger partial charge in [0.2, 0.25) is 5.75 Å². The Bertz CT molecular complexity index is 615. The van der Waals surface area contributed by atoms with E-state index in [2.05, 4.69) is 15.9 Å². The lowest BCUT2D eigenvalue weighted by Gasteiger charge is -2.07. The monoisotopic (exact) mass is 323 g/mol. The summed E-state index contributed by atoms with van der Waals surface area (Å²) in [6, 6.07) is 11.5. The topological polar surface area (TPSA) is 61.6 Å². The summed E-state index contributed by atoms with van der Waals surface area (Å²) in [4.78, 5) is 10.5. The van der Waals surface area contributed by atoms with Gasteiger partial charge in [-0.25, -0.2) is 0 Å². The lowest BCUT2D eigenvalue weighted by Crippen LogP contribution is -1.94. The molecular weight excluding hydrogens is 314 g/mol. The van der Waals surface area contributed by atoms with Crippen molar-refractivity contribution in [3.05, 3.63) is 57.1 Å². The van der Waals surface area contributed by atoms with E-state index in [1.54, 1.807) is 24.3 Å². The Labute approximate surface area is 118 Å². The van der Waals surface area contributed by atoms with Crippen LogP contribution < -0.4 is 9.47 Å². The second-order valence-electron chi connectivity index (χ2n) is 3.65. The molecule has 0 unspecified atom stereocenters. The number of hydrogen-bond acceptors (Lipinski definition) is 4. The van der Waals surface area contributed by atoms with Gasteiger partial charge in [-0.3, -0.25) is 10.1 Å². The number of nitrogens with zero attached hydrogens (tertiary/aromatic N) is 1. The highest BCUT2D eigenvalue weighted by Gasteiger charge is 2.17. The van der Waals surface area contributed by atoms with Crippen LogP contribution in [0.3, 0.4) is 0 Å². The number of rotatable bonds is 4. The van der Waals surface area contributed by atoms with Gasteiger partial charge >= 0.3 is 5.69 Å². The van der Waals surface area contributed by atoms with Crippen LogP contribution in [0.5, 0.6) is 17.2 Å². The number of hydrogen-bond donors (Lipinski definition) is 0. The van der Waals surface area contributed by atoms with Crippen molar-refractivity contribution in [1.82, 2.24) is 0 Å². The quantitative estimate of drug-likeness (QED) is 0.626. The van der Waals surface area contributed by atoms with Crippen LogP contribution in [0.25, 0.3) is 0 Å². The van der Waals surface area contributed by atoms with Crippen molar-refractivity contribution in [2.45, 2.75) is 0 Å². The molecule has 0 aliphatic heterocycles. The number of nitro benzene ring substituents is 1. The smallest absolute Gasteiger partial charge is 0.315 e. The van der Waals surface area contributed by atoms with Crippen LogP contribution in [-0.2, 0) is 0 Å². The van der Waals surface area contributed by atoms with Gasteiger partial charge in [-0.1, -0.05) is 22.0 Å². The lowest BCUT2D eigenvalue weighted by atomic mass is 10.2. The third-order valence-corrected chi connectivity index (χ3v) is 2.88. The molecule has 0 radical (unpaired) electrons. The average molecular weight is 324 g/mol. The third-order valence-electron chi connectivity index (χ3n) is 2.39. The van der Waals surface area contributed by atoms with E-state index in [1.165, 1.54) is 19.2 Å². The highest BCUT2D eigenvalue weighted by Crippen LogP contribution is 2.34. The zero-order valence-electron chi connectivity index (χ0n) is 10.00. The molecule has 0 saturated carbocycles. The normalized spacial score (nSPS) is 10.0. The van der Waals surface area contributed by atoms with E-state index < -0.39 is 4.92 Å². The van der Waals surface area contributed by atoms with Gasteiger partial charge in [0.25, 0.3) is 0 Å². The maximum Gasteiger partial charge on any atom is 0.315 e. The number of methoxy groups -OCH3 is 1. The Balaban J connectivity index is 2.36. The molecule has 0 fully saturated rings. The molecule has 2 rings (SSSR count). The van der Waals surface area contributed by atoms with E-state index >= 15 is 0 Å². The largest absolute Gasteiger partial charge is 0.496 e. The molecule has 98 valence electrons. The van der Waals surface area contributed by atoms with Gasteiger partial charge in [-0.2, -0.15) is 0 Å². The molecular formula is C13H10BrNO4. The van der Waals surface area contributed by atoms with Gasteiger partial charge in [0, 0.05) is 4.47 Å². The Morgan fingerprint density at radius 2 is 1.95 bits per heavy atom. The second kappa shape index (κ2) is 5.71. The summed E-state index contributed by atoms with van der Waals surface area (Å²) in [6.45, 7) is 0. The summed E-state index contributed by atoms with van der Waals surface area (Å²) in [5.74, 6) is 1.10. The zero-order chi connectivity index (χ0) is 13.8. The maximum absolute atomic E-state index is 11.0. The van der Waals surface area contributed by atoms with Crippen molar-refractivity contribution in [3.8, 4) is 17.2 Å². The fraction of sp³-hybridized carbons (Fsp3) is 0.0769. The van der Waals surface area contributed by atoms with Gasteiger partial charge in [0.05, 0.1) is 18.1 Å². The van der Waals surface area contributed by atoms with Crippen LogP contribution in [0.1, 0.15) is 0 Å². The van der Waals surface area contributed by atoms with Crippen molar-refractivity contribution in [2.24, 2.45) is 0 Å². The van der Waals surface area contributed by atoms with E-state index in [0.717, 1.165) is 4.47 Å². The second-order valence-corrected chi connectivity index (χ2v) is 4.57. The van der Waals surface area contributed by atoms with Gasteiger partial charge in [0.1, 0.15) is 11.5 Å². The van der Waals surface area contributed by atoms with Crippen LogP contribution in [0.2, 0.25) is 0 Å². The summed E-state index contributed by atoms with van der Waals surface area (Å²) >= 11 is 3.31. The van der Waals surface area contributed by atoms with Gasteiger partial charge < -0.3 is 9.47 Å². The molecule has 0 aliphatic rings. The van der Waals surface area contributed by atoms with Crippen LogP contribution in [0.4, 0.5) is 5.69 Å². The van der Waals surface area contributed by atoms with Gasteiger partial charge in [0.15, 0.2) is 0 Å².